The molecule has 1 rings (SSSR count). The minimum absolute atomic E-state index is 0.372. The summed E-state index contributed by atoms with van der Waals surface area (Å²) < 4.78 is 2.23. The second-order valence-corrected chi connectivity index (χ2v) is 4.30. The molecule has 0 fully saturated rings. The van der Waals surface area contributed by atoms with Gasteiger partial charge in [0.05, 0.1) is 0 Å². The lowest BCUT2D eigenvalue weighted by Gasteiger charge is -2.13. The molecule has 1 aromatic rings. The van der Waals surface area contributed by atoms with Gasteiger partial charge in [-0.05, 0) is 57.5 Å². The largest absolute Gasteiger partial charge is 0.313 e. The fraction of sp³-hybridized carbons (Fsp3) is 0.333. The van der Waals surface area contributed by atoms with Gasteiger partial charge < -0.3 is 5.32 Å². The van der Waals surface area contributed by atoms with E-state index in [4.69, 9.17) is 0 Å². The van der Waals surface area contributed by atoms with Crippen molar-refractivity contribution in [2.24, 2.45) is 0 Å². The van der Waals surface area contributed by atoms with Crippen molar-refractivity contribution in [1.29, 1.82) is 0 Å². The average Bonchev–Trinajstić information content (AvgIpc) is 2.08. The molecule has 0 saturated carbocycles. The number of benzene rings is 1. The second kappa shape index (κ2) is 4.40. The van der Waals surface area contributed by atoms with Gasteiger partial charge in [-0.15, -0.1) is 0 Å². The first-order valence-corrected chi connectivity index (χ1v) is 5.36. The molecule has 1 unspecified atom stereocenters. The zero-order valence-corrected chi connectivity index (χ0v) is 10.2. The van der Waals surface area contributed by atoms with E-state index in [9.17, 15) is 0 Å². The maximum Gasteiger partial charge on any atom is 0.0365 e. The highest BCUT2D eigenvalue weighted by Gasteiger charge is 2.08. The van der Waals surface area contributed by atoms with Crippen molar-refractivity contribution in [1.82, 2.24) is 5.32 Å². The Balaban J connectivity index is 3.07. The molecule has 1 aromatic carbocycles. The Morgan fingerprint density at radius 1 is 1.33 bits per heavy atom. The van der Waals surface area contributed by atoms with Gasteiger partial charge >= 0.3 is 0 Å². The molecule has 0 aromatic heterocycles. The quantitative estimate of drug-likeness (QED) is 0.880. The van der Waals surface area contributed by atoms with Gasteiger partial charge in [-0.2, -0.15) is 0 Å². The normalized spacial score (nSPS) is 13.0. The molecule has 0 heterocycles. The van der Waals surface area contributed by atoms with Gasteiger partial charge in [-0.3, -0.25) is 0 Å². The van der Waals surface area contributed by atoms with E-state index in [1.54, 1.807) is 0 Å². The van der Waals surface area contributed by atoms with E-state index in [0.29, 0.717) is 6.04 Å². The Kier molecular flexibility index (Phi) is 3.75. The lowest BCUT2D eigenvalue weighted by molar-refractivity contribution is 0.649. The first kappa shape index (κ1) is 10.2. The SMILES string of the molecule is CNC(C)c1cccc(Br)c1Br. The van der Waals surface area contributed by atoms with Gasteiger partial charge in [-0.1, -0.05) is 12.1 Å². The molecule has 3 heteroatoms. The highest BCUT2D eigenvalue weighted by atomic mass is 79.9. The number of nitrogens with one attached hydrogen (secondary N) is 1. The van der Waals surface area contributed by atoms with Gasteiger partial charge in [0.15, 0.2) is 0 Å². The van der Waals surface area contributed by atoms with Crippen molar-refractivity contribution >= 4 is 31.9 Å². The van der Waals surface area contributed by atoms with Gasteiger partial charge in [0.2, 0.25) is 0 Å². The standard InChI is InChI=1S/C9H11Br2N/c1-6(12-2)7-4-3-5-8(10)9(7)11/h3-6,12H,1-2H3. The van der Waals surface area contributed by atoms with Crippen molar-refractivity contribution in [2.75, 3.05) is 7.05 Å². The molecule has 1 N–H and O–H groups in total. The molecular formula is C9H11Br2N. The summed E-state index contributed by atoms with van der Waals surface area (Å²) >= 11 is 7.00. The molecule has 0 bridgehead atoms. The van der Waals surface area contributed by atoms with Crippen molar-refractivity contribution in [3.63, 3.8) is 0 Å². The molecule has 0 aliphatic heterocycles. The van der Waals surface area contributed by atoms with E-state index in [0.717, 1.165) is 8.95 Å². The van der Waals surface area contributed by atoms with Gasteiger partial charge in [0.25, 0.3) is 0 Å². The van der Waals surface area contributed by atoms with E-state index in [-0.39, 0.29) is 0 Å². The summed E-state index contributed by atoms with van der Waals surface area (Å²) in [5.74, 6) is 0. The fourth-order valence-corrected chi connectivity index (χ4v) is 2.00. The Bertz CT molecular complexity index is 273. The van der Waals surface area contributed by atoms with E-state index >= 15 is 0 Å². The first-order valence-electron chi connectivity index (χ1n) is 3.78. The van der Waals surface area contributed by atoms with Gasteiger partial charge in [0.1, 0.15) is 0 Å². The molecule has 0 saturated heterocycles. The zero-order valence-electron chi connectivity index (χ0n) is 7.07. The van der Waals surface area contributed by atoms with E-state index in [1.165, 1.54) is 5.56 Å². The van der Waals surface area contributed by atoms with Crippen LogP contribution in [0.4, 0.5) is 0 Å². The lowest BCUT2D eigenvalue weighted by atomic mass is 10.1. The molecule has 12 heavy (non-hydrogen) atoms. The molecule has 0 spiro atoms. The van der Waals surface area contributed by atoms with Crippen molar-refractivity contribution in [3.8, 4) is 0 Å². The molecule has 66 valence electrons. The average molecular weight is 293 g/mol. The highest BCUT2D eigenvalue weighted by molar-refractivity contribution is 9.13. The van der Waals surface area contributed by atoms with E-state index in [2.05, 4.69) is 50.2 Å². The number of rotatable bonds is 2. The minimum atomic E-state index is 0.372. The van der Waals surface area contributed by atoms with Crippen molar-refractivity contribution < 1.29 is 0 Å². The molecule has 0 amide bonds. The summed E-state index contributed by atoms with van der Waals surface area (Å²) in [6.45, 7) is 2.13. The summed E-state index contributed by atoms with van der Waals surface area (Å²) in [6, 6.07) is 6.54. The Hall–Kier alpha value is 0.140. The molecular weight excluding hydrogens is 282 g/mol. The number of hydrogen-bond donors (Lipinski definition) is 1. The number of hydrogen-bond acceptors (Lipinski definition) is 1. The minimum Gasteiger partial charge on any atom is -0.313 e. The van der Waals surface area contributed by atoms with Crippen molar-refractivity contribution in [3.05, 3.63) is 32.7 Å². The van der Waals surface area contributed by atoms with Crippen LogP contribution in [0.25, 0.3) is 0 Å². The molecule has 0 radical (unpaired) electrons. The smallest absolute Gasteiger partial charge is 0.0365 e. The summed E-state index contributed by atoms with van der Waals surface area (Å²) in [7, 11) is 1.96. The molecule has 1 atom stereocenters. The topological polar surface area (TPSA) is 12.0 Å². The Morgan fingerprint density at radius 3 is 2.58 bits per heavy atom. The van der Waals surface area contributed by atoms with Crippen LogP contribution >= 0.6 is 31.9 Å². The maximum atomic E-state index is 3.53. The monoisotopic (exact) mass is 291 g/mol. The maximum absolute atomic E-state index is 3.53. The van der Waals surface area contributed by atoms with Crippen LogP contribution < -0.4 is 5.32 Å². The fourth-order valence-electron chi connectivity index (χ4n) is 1.01. The van der Waals surface area contributed by atoms with Crippen molar-refractivity contribution in [2.45, 2.75) is 13.0 Å². The second-order valence-electron chi connectivity index (χ2n) is 2.65. The number of halogens is 2. The molecule has 0 aliphatic rings. The van der Waals surface area contributed by atoms with Crippen LogP contribution in [0.5, 0.6) is 0 Å². The van der Waals surface area contributed by atoms with Crippen LogP contribution in [0.1, 0.15) is 18.5 Å². The van der Waals surface area contributed by atoms with Crippen LogP contribution in [0.3, 0.4) is 0 Å². The Morgan fingerprint density at radius 2 is 2.00 bits per heavy atom. The van der Waals surface area contributed by atoms with Crippen LogP contribution in [0.2, 0.25) is 0 Å². The summed E-state index contributed by atoms with van der Waals surface area (Å²) in [5, 5.41) is 3.20. The van der Waals surface area contributed by atoms with Crippen LogP contribution in [0.15, 0.2) is 27.1 Å². The summed E-state index contributed by atoms with van der Waals surface area (Å²) in [6.07, 6.45) is 0. The predicted octanol–water partition coefficient (Wildman–Crippen LogP) is 3.49. The summed E-state index contributed by atoms with van der Waals surface area (Å²) in [4.78, 5) is 0. The molecule has 1 nitrogen and oxygen atoms in total. The first-order chi connectivity index (χ1) is 5.66. The highest BCUT2D eigenvalue weighted by Crippen LogP contribution is 2.30. The molecule has 0 aliphatic carbocycles. The van der Waals surface area contributed by atoms with E-state index in [1.807, 2.05) is 19.2 Å². The van der Waals surface area contributed by atoms with Gasteiger partial charge in [-0.25, -0.2) is 0 Å². The zero-order chi connectivity index (χ0) is 9.14. The summed E-state index contributed by atoms with van der Waals surface area (Å²) in [5.41, 5.74) is 1.27. The lowest BCUT2D eigenvalue weighted by Crippen LogP contribution is -2.12. The van der Waals surface area contributed by atoms with Crippen LogP contribution in [-0.4, -0.2) is 7.05 Å². The third kappa shape index (κ3) is 2.09. The van der Waals surface area contributed by atoms with Crippen LogP contribution in [-0.2, 0) is 0 Å². The predicted molar refractivity (Wildman–Crippen MR) is 59.3 cm³/mol. The third-order valence-electron chi connectivity index (χ3n) is 1.88. The van der Waals surface area contributed by atoms with Gasteiger partial charge in [0, 0.05) is 15.0 Å². The Labute approximate surface area is 89.8 Å². The van der Waals surface area contributed by atoms with E-state index < -0.39 is 0 Å². The van der Waals surface area contributed by atoms with Crippen LogP contribution in [0, 0.1) is 0 Å². The third-order valence-corrected chi connectivity index (χ3v) is 3.96.